The molecule has 0 radical (unpaired) electrons. The molecule has 6 atom stereocenters. The first-order chi connectivity index (χ1) is 10.5. The third-order valence-electron chi connectivity index (χ3n) is 8.30. The van der Waals surface area contributed by atoms with Crippen molar-refractivity contribution in [1.29, 1.82) is 0 Å². The van der Waals surface area contributed by atoms with E-state index < -0.39 is 0 Å². The predicted octanol–water partition coefficient (Wildman–Crippen LogP) is 4.06. The standard InChI is InChI=1S/C20H26O2/c1-18-8-5-14(21)11-13(18)3-4-15-16(18)6-9-19(2)17(15)7-10-20(19)12-22-20/h3-4,11,15-17H,5-10,12H2,1-2H3. The Morgan fingerprint density at radius 2 is 1.91 bits per heavy atom. The number of carbonyl (C=O) groups is 1. The Hall–Kier alpha value is -0.890. The van der Waals surface area contributed by atoms with E-state index >= 15 is 0 Å². The summed E-state index contributed by atoms with van der Waals surface area (Å²) in [6.07, 6.45) is 13.7. The molecular weight excluding hydrogens is 272 g/mol. The predicted molar refractivity (Wildman–Crippen MR) is 85.3 cm³/mol. The molecule has 3 fully saturated rings. The summed E-state index contributed by atoms with van der Waals surface area (Å²) in [5.74, 6) is 2.52. The number of rotatable bonds is 0. The van der Waals surface area contributed by atoms with Gasteiger partial charge in [0.2, 0.25) is 0 Å². The largest absolute Gasteiger partial charge is 0.369 e. The Morgan fingerprint density at radius 3 is 2.68 bits per heavy atom. The summed E-state index contributed by atoms with van der Waals surface area (Å²) in [6.45, 7) is 5.92. The Balaban J connectivity index is 1.57. The normalized spacial score (nSPS) is 55.5. The molecule has 0 bridgehead atoms. The summed E-state index contributed by atoms with van der Waals surface area (Å²) in [5, 5.41) is 0. The summed E-state index contributed by atoms with van der Waals surface area (Å²) >= 11 is 0. The second-order valence-electron chi connectivity index (χ2n) is 8.91. The highest BCUT2D eigenvalue weighted by Gasteiger charge is 2.69. The number of ketones is 1. The topological polar surface area (TPSA) is 29.6 Å². The van der Waals surface area contributed by atoms with E-state index in [9.17, 15) is 4.79 Å². The summed E-state index contributed by atoms with van der Waals surface area (Å²) in [7, 11) is 0. The number of epoxide rings is 1. The van der Waals surface area contributed by atoms with E-state index in [1.807, 2.05) is 6.08 Å². The molecule has 4 aliphatic carbocycles. The molecule has 0 amide bonds. The molecule has 0 aromatic heterocycles. The van der Waals surface area contributed by atoms with Gasteiger partial charge in [0.15, 0.2) is 5.78 Å². The summed E-state index contributed by atoms with van der Waals surface area (Å²) < 4.78 is 5.97. The van der Waals surface area contributed by atoms with Crippen LogP contribution >= 0.6 is 0 Å². The van der Waals surface area contributed by atoms with Crippen molar-refractivity contribution in [3.8, 4) is 0 Å². The first-order valence-corrected chi connectivity index (χ1v) is 9.06. The highest BCUT2D eigenvalue weighted by atomic mass is 16.6. The summed E-state index contributed by atoms with van der Waals surface area (Å²) in [6, 6.07) is 0. The van der Waals surface area contributed by atoms with Crippen molar-refractivity contribution >= 4 is 5.78 Å². The van der Waals surface area contributed by atoms with Gasteiger partial charge in [0.05, 0.1) is 12.2 Å². The van der Waals surface area contributed by atoms with Crippen LogP contribution < -0.4 is 0 Å². The Morgan fingerprint density at radius 1 is 1.14 bits per heavy atom. The van der Waals surface area contributed by atoms with Gasteiger partial charge in [-0.25, -0.2) is 0 Å². The number of fused-ring (bicyclic) bond motifs is 6. The van der Waals surface area contributed by atoms with Crippen molar-refractivity contribution in [2.75, 3.05) is 6.61 Å². The molecule has 118 valence electrons. The molecule has 5 rings (SSSR count). The van der Waals surface area contributed by atoms with Crippen molar-refractivity contribution in [2.24, 2.45) is 28.6 Å². The van der Waals surface area contributed by atoms with E-state index in [1.54, 1.807) is 0 Å². The molecular formula is C20H26O2. The molecule has 2 nitrogen and oxygen atoms in total. The van der Waals surface area contributed by atoms with Crippen molar-refractivity contribution < 1.29 is 9.53 Å². The fraction of sp³-hybridized carbons (Fsp3) is 0.750. The van der Waals surface area contributed by atoms with Crippen LogP contribution in [0.3, 0.4) is 0 Å². The zero-order chi connectivity index (χ0) is 15.2. The van der Waals surface area contributed by atoms with Crippen LogP contribution in [0.15, 0.2) is 23.8 Å². The smallest absolute Gasteiger partial charge is 0.156 e. The molecule has 1 heterocycles. The van der Waals surface area contributed by atoms with Gasteiger partial charge >= 0.3 is 0 Å². The molecule has 2 saturated carbocycles. The highest BCUT2D eigenvalue weighted by molar-refractivity contribution is 5.92. The zero-order valence-electron chi connectivity index (χ0n) is 13.7. The molecule has 22 heavy (non-hydrogen) atoms. The van der Waals surface area contributed by atoms with Crippen LogP contribution in [-0.4, -0.2) is 18.0 Å². The molecule has 0 aromatic carbocycles. The van der Waals surface area contributed by atoms with Crippen LogP contribution in [0.1, 0.15) is 52.4 Å². The molecule has 1 saturated heterocycles. The maximum Gasteiger partial charge on any atom is 0.156 e. The lowest BCUT2D eigenvalue weighted by atomic mass is 9.48. The van der Waals surface area contributed by atoms with E-state index in [1.165, 1.54) is 31.3 Å². The van der Waals surface area contributed by atoms with Gasteiger partial charge in [-0.15, -0.1) is 0 Å². The third-order valence-corrected chi connectivity index (χ3v) is 8.30. The minimum atomic E-state index is 0.231. The van der Waals surface area contributed by atoms with Crippen LogP contribution in [0.4, 0.5) is 0 Å². The average Bonchev–Trinajstić information content (AvgIpc) is 3.22. The van der Waals surface area contributed by atoms with Crippen LogP contribution in [0.5, 0.6) is 0 Å². The van der Waals surface area contributed by atoms with E-state index in [0.29, 0.717) is 17.1 Å². The van der Waals surface area contributed by atoms with E-state index in [2.05, 4.69) is 26.0 Å². The zero-order valence-corrected chi connectivity index (χ0v) is 13.7. The number of hydrogen-bond acceptors (Lipinski definition) is 2. The van der Waals surface area contributed by atoms with Gasteiger partial charge in [0.25, 0.3) is 0 Å². The monoisotopic (exact) mass is 298 g/mol. The van der Waals surface area contributed by atoms with Gasteiger partial charge in [0, 0.05) is 11.8 Å². The molecule has 5 aliphatic rings. The molecule has 1 aliphatic heterocycles. The van der Waals surface area contributed by atoms with E-state index in [-0.39, 0.29) is 11.0 Å². The molecule has 1 spiro atoms. The minimum Gasteiger partial charge on any atom is -0.369 e. The number of ether oxygens (including phenoxy) is 1. The number of allylic oxidation sites excluding steroid dienone is 4. The number of carbonyl (C=O) groups excluding carboxylic acids is 1. The van der Waals surface area contributed by atoms with Gasteiger partial charge in [-0.3, -0.25) is 4.79 Å². The first-order valence-electron chi connectivity index (χ1n) is 9.06. The summed E-state index contributed by atoms with van der Waals surface area (Å²) in [5.41, 5.74) is 2.16. The second-order valence-corrected chi connectivity index (χ2v) is 8.91. The average molecular weight is 298 g/mol. The quantitative estimate of drug-likeness (QED) is 0.631. The fourth-order valence-corrected chi connectivity index (χ4v) is 6.65. The van der Waals surface area contributed by atoms with Gasteiger partial charge in [-0.05, 0) is 66.9 Å². The molecule has 0 N–H and O–H groups in total. The van der Waals surface area contributed by atoms with Crippen molar-refractivity contribution in [1.82, 2.24) is 0 Å². The minimum absolute atomic E-state index is 0.231. The maximum absolute atomic E-state index is 11.8. The molecule has 2 heteroatoms. The SMILES string of the molecule is CC12CCC(=O)C=C1C=CC1C2CCC2(C)C1CCC21CO1. The lowest BCUT2D eigenvalue weighted by molar-refractivity contribution is -0.116. The molecule has 6 unspecified atom stereocenters. The van der Waals surface area contributed by atoms with Gasteiger partial charge in [0.1, 0.15) is 0 Å². The van der Waals surface area contributed by atoms with E-state index in [0.717, 1.165) is 31.3 Å². The van der Waals surface area contributed by atoms with Crippen LogP contribution in [0.25, 0.3) is 0 Å². The fourth-order valence-electron chi connectivity index (χ4n) is 6.65. The third kappa shape index (κ3) is 1.43. The Bertz CT molecular complexity index is 611. The van der Waals surface area contributed by atoms with Crippen molar-refractivity contribution in [2.45, 2.75) is 58.0 Å². The Labute approximate surface area is 133 Å². The lowest BCUT2D eigenvalue weighted by Gasteiger charge is -2.55. The van der Waals surface area contributed by atoms with Gasteiger partial charge in [-0.1, -0.05) is 26.0 Å². The second kappa shape index (κ2) is 3.95. The van der Waals surface area contributed by atoms with Crippen LogP contribution in [0.2, 0.25) is 0 Å². The van der Waals surface area contributed by atoms with Crippen LogP contribution in [-0.2, 0) is 9.53 Å². The highest BCUT2D eigenvalue weighted by Crippen LogP contribution is 2.69. The van der Waals surface area contributed by atoms with Crippen molar-refractivity contribution in [3.05, 3.63) is 23.8 Å². The Kier molecular flexibility index (Phi) is 2.43. The van der Waals surface area contributed by atoms with Crippen LogP contribution in [0, 0.1) is 28.6 Å². The summed E-state index contributed by atoms with van der Waals surface area (Å²) in [4.78, 5) is 11.8. The first kappa shape index (κ1) is 13.5. The van der Waals surface area contributed by atoms with Crippen molar-refractivity contribution in [3.63, 3.8) is 0 Å². The molecule has 0 aromatic rings. The maximum atomic E-state index is 11.8. The van der Waals surface area contributed by atoms with E-state index in [4.69, 9.17) is 4.74 Å². The van der Waals surface area contributed by atoms with Gasteiger partial charge in [-0.2, -0.15) is 0 Å². The van der Waals surface area contributed by atoms with Gasteiger partial charge < -0.3 is 4.74 Å². The lowest BCUT2D eigenvalue weighted by Crippen LogP contribution is -2.50. The number of hydrogen-bond donors (Lipinski definition) is 0.